The zero-order valence-electron chi connectivity index (χ0n) is 11.9. The number of anilines is 2. The first-order valence-corrected chi connectivity index (χ1v) is 6.53. The van der Waals surface area contributed by atoms with E-state index < -0.39 is 0 Å². The molecule has 0 saturated carbocycles. The van der Waals surface area contributed by atoms with Crippen LogP contribution in [0.3, 0.4) is 0 Å². The monoisotopic (exact) mass is 265 g/mol. The third-order valence-electron chi connectivity index (χ3n) is 2.78. The number of benzene rings is 1. The third-order valence-corrected chi connectivity index (χ3v) is 2.78. The highest BCUT2D eigenvalue weighted by atomic mass is 16.3. The van der Waals surface area contributed by atoms with E-state index in [4.69, 9.17) is 5.11 Å². The molecule has 0 aliphatic carbocycles. The summed E-state index contributed by atoms with van der Waals surface area (Å²) in [7, 11) is 3.87. The number of hydrogen-bond acceptors (Lipinski definition) is 3. The lowest BCUT2D eigenvalue weighted by Gasteiger charge is -2.23. The number of nitrogens with one attached hydrogen (secondary N) is 1. The fourth-order valence-corrected chi connectivity index (χ4v) is 1.87. The van der Waals surface area contributed by atoms with Crippen LogP contribution in [0.25, 0.3) is 0 Å². The number of carbonyl (C=O) groups is 1. The van der Waals surface area contributed by atoms with Crippen molar-refractivity contribution in [3.63, 3.8) is 0 Å². The maximum Gasteiger partial charge on any atom is 0.321 e. The van der Waals surface area contributed by atoms with Gasteiger partial charge in [-0.25, -0.2) is 4.79 Å². The molecule has 19 heavy (non-hydrogen) atoms. The van der Waals surface area contributed by atoms with E-state index >= 15 is 0 Å². The molecule has 2 amide bonds. The van der Waals surface area contributed by atoms with E-state index in [1.54, 1.807) is 4.90 Å². The van der Waals surface area contributed by atoms with Crippen molar-refractivity contribution in [1.29, 1.82) is 0 Å². The van der Waals surface area contributed by atoms with Crippen LogP contribution in [0.5, 0.6) is 0 Å². The van der Waals surface area contributed by atoms with E-state index in [1.165, 1.54) is 0 Å². The molecule has 1 aromatic rings. The summed E-state index contributed by atoms with van der Waals surface area (Å²) in [5.41, 5.74) is 1.73. The molecule has 1 aromatic carbocycles. The molecular formula is C14H23N3O2. The summed E-state index contributed by atoms with van der Waals surface area (Å²) in [6.07, 6.45) is 0.864. The van der Waals surface area contributed by atoms with Gasteiger partial charge in [-0.2, -0.15) is 0 Å². The van der Waals surface area contributed by atoms with Crippen LogP contribution in [0.1, 0.15) is 13.3 Å². The van der Waals surface area contributed by atoms with E-state index in [0.29, 0.717) is 13.1 Å². The minimum absolute atomic E-state index is 0.0251. The first-order chi connectivity index (χ1) is 9.10. The molecule has 5 nitrogen and oxygen atoms in total. The van der Waals surface area contributed by atoms with Gasteiger partial charge in [0.1, 0.15) is 0 Å². The van der Waals surface area contributed by atoms with Crippen LogP contribution in [0, 0.1) is 0 Å². The van der Waals surface area contributed by atoms with Gasteiger partial charge in [0, 0.05) is 27.2 Å². The van der Waals surface area contributed by atoms with Crippen molar-refractivity contribution in [2.45, 2.75) is 13.3 Å². The average molecular weight is 265 g/mol. The van der Waals surface area contributed by atoms with E-state index in [1.807, 2.05) is 50.2 Å². The largest absolute Gasteiger partial charge is 0.395 e. The predicted molar refractivity (Wildman–Crippen MR) is 78.7 cm³/mol. The molecule has 0 spiro atoms. The summed E-state index contributed by atoms with van der Waals surface area (Å²) < 4.78 is 0. The maximum atomic E-state index is 12.2. The van der Waals surface area contributed by atoms with Crippen LogP contribution < -0.4 is 10.2 Å². The number of nitrogens with zero attached hydrogens (tertiary/aromatic N) is 2. The van der Waals surface area contributed by atoms with Gasteiger partial charge in [0.25, 0.3) is 0 Å². The van der Waals surface area contributed by atoms with Gasteiger partial charge in [-0.3, -0.25) is 0 Å². The molecule has 0 bridgehead atoms. The summed E-state index contributed by atoms with van der Waals surface area (Å²) in [5, 5.41) is 11.9. The van der Waals surface area contributed by atoms with Crippen molar-refractivity contribution >= 4 is 17.4 Å². The van der Waals surface area contributed by atoms with Crippen LogP contribution in [-0.2, 0) is 0 Å². The second-order valence-corrected chi connectivity index (χ2v) is 4.55. The first-order valence-electron chi connectivity index (χ1n) is 6.53. The molecular weight excluding hydrogens is 242 g/mol. The summed E-state index contributed by atoms with van der Waals surface area (Å²) >= 11 is 0. The van der Waals surface area contributed by atoms with E-state index in [2.05, 4.69) is 5.32 Å². The Bertz CT molecular complexity index is 401. The van der Waals surface area contributed by atoms with Crippen molar-refractivity contribution in [2.75, 3.05) is 44.0 Å². The van der Waals surface area contributed by atoms with Crippen LogP contribution in [-0.4, -0.2) is 49.8 Å². The molecule has 5 heteroatoms. The molecule has 0 heterocycles. The summed E-state index contributed by atoms with van der Waals surface area (Å²) in [4.78, 5) is 15.7. The summed E-state index contributed by atoms with van der Waals surface area (Å²) in [5.74, 6) is 0. The molecule has 0 radical (unpaired) electrons. The zero-order valence-corrected chi connectivity index (χ0v) is 11.9. The van der Waals surface area contributed by atoms with Gasteiger partial charge >= 0.3 is 6.03 Å². The number of hydrogen-bond donors (Lipinski definition) is 2. The quantitative estimate of drug-likeness (QED) is 0.827. The number of aliphatic hydroxyl groups is 1. The Morgan fingerprint density at radius 2 is 1.95 bits per heavy atom. The van der Waals surface area contributed by atoms with Crippen LogP contribution in [0.4, 0.5) is 16.2 Å². The Hall–Kier alpha value is -1.75. The molecule has 2 N–H and O–H groups in total. The van der Waals surface area contributed by atoms with Gasteiger partial charge in [0.15, 0.2) is 0 Å². The lowest BCUT2D eigenvalue weighted by molar-refractivity contribution is 0.188. The van der Waals surface area contributed by atoms with Crippen molar-refractivity contribution < 1.29 is 9.90 Å². The third kappa shape index (κ3) is 4.44. The van der Waals surface area contributed by atoms with Crippen molar-refractivity contribution in [2.24, 2.45) is 0 Å². The number of rotatable bonds is 6. The fourth-order valence-electron chi connectivity index (χ4n) is 1.87. The predicted octanol–water partition coefficient (Wildman–Crippen LogP) is 1.99. The minimum atomic E-state index is -0.176. The normalized spacial score (nSPS) is 10.1. The van der Waals surface area contributed by atoms with E-state index in [-0.39, 0.29) is 12.6 Å². The number of amides is 2. The summed E-state index contributed by atoms with van der Waals surface area (Å²) in [6, 6.07) is 7.47. The van der Waals surface area contributed by atoms with Gasteiger partial charge < -0.3 is 20.2 Å². The standard InChI is InChI=1S/C14H23N3O2/c1-4-9-17(10-11-18)14(19)15-12-7-5-6-8-13(12)16(2)3/h5-8,18H,4,9-11H2,1-3H3,(H,15,19). The van der Waals surface area contributed by atoms with E-state index in [0.717, 1.165) is 17.8 Å². The number of carbonyl (C=O) groups excluding carboxylic acids is 1. The van der Waals surface area contributed by atoms with Gasteiger partial charge in [0.2, 0.25) is 0 Å². The topological polar surface area (TPSA) is 55.8 Å². The summed E-state index contributed by atoms with van der Waals surface area (Å²) in [6.45, 7) is 2.97. The van der Waals surface area contributed by atoms with Gasteiger partial charge in [-0.05, 0) is 18.6 Å². The highest BCUT2D eigenvalue weighted by molar-refractivity contribution is 5.93. The van der Waals surface area contributed by atoms with Crippen LogP contribution in [0.15, 0.2) is 24.3 Å². The molecule has 1 rings (SSSR count). The van der Waals surface area contributed by atoms with Crippen LogP contribution >= 0.6 is 0 Å². The molecule has 0 aliphatic rings. The molecule has 0 aromatic heterocycles. The Labute approximate surface area is 114 Å². The lowest BCUT2D eigenvalue weighted by Crippen LogP contribution is -2.37. The van der Waals surface area contributed by atoms with Gasteiger partial charge in [-0.1, -0.05) is 19.1 Å². The average Bonchev–Trinajstić information content (AvgIpc) is 2.38. The maximum absolute atomic E-state index is 12.2. The molecule has 0 atom stereocenters. The fraction of sp³-hybridized carbons (Fsp3) is 0.500. The van der Waals surface area contributed by atoms with Gasteiger partial charge in [-0.15, -0.1) is 0 Å². The molecule has 0 aliphatic heterocycles. The number of urea groups is 1. The number of para-hydroxylation sites is 2. The highest BCUT2D eigenvalue weighted by Crippen LogP contribution is 2.23. The Kier molecular flexibility index (Phi) is 6.15. The second kappa shape index (κ2) is 7.63. The molecule has 0 saturated heterocycles. The van der Waals surface area contributed by atoms with Crippen molar-refractivity contribution in [3.05, 3.63) is 24.3 Å². The lowest BCUT2D eigenvalue weighted by atomic mass is 10.2. The SMILES string of the molecule is CCCN(CCO)C(=O)Nc1ccccc1N(C)C. The van der Waals surface area contributed by atoms with Crippen molar-refractivity contribution in [1.82, 2.24) is 4.90 Å². The molecule has 0 fully saturated rings. The Balaban J connectivity index is 2.80. The Morgan fingerprint density at radius 1 is 1.26 bits per heavy atom. The smallest absolute Gasteiger partial charge is 0.321 e. The number of aliphatic hydroxyl groups excluding tert-OH is 1. The first kappa shape index (κ1) is 15.3. The highest BCUT2D eigenvalue weighted by Gasteiger charge is 2.14. The second-order valence-electron chi connectivity index (χ2n) is 4.55. The molecule has 106 valence electrons. The Morgan fingerprint density at radius 3 is 2.53 bits per heavy atom. The molecule has 0 unspecified atom stereocenters. The van der Waals surface area contributed by atoms with Gasteiger partial charge in [0.05, 0.1) is 18.0 Å². The zero-order chi connectivity index (χ0) is 14.3. The minimum Gasteiger partial charge on any atom is -0.395 e. The van der Waals surface area contributed by atoms with Crippen molar-refractivity contribution in [3.8, 4) is 0 Å². The van der Waals surface area contributed by atoms with Crippen LogP contribution in [0.2, 0.25) is 0 Å². The van der Waals surface area contributed by atoms with E-state index in [9.17, 15) is 4.79 Å².